The molecule has 0 saturated heterocycles. The summed E-state index contributed by atoms with van der Waals surface area (Å²) in [6.07, 6.45) is 1.72. The third-order valence-corrected chi connectivity index (χ3v) is 3.84. The fourth-order valence-electron chi connectivity index (χ4n) is 2.28. The van der Waals surface area contributed by atoms with Crippen LogP contribution in [0.15, 0.2) is 72.9 Å². The van der Waals surface area contributed by atoms with Crippen molar-refractivity contribution in [3.05, 3.63) is 83.5 Å². The van der Waals surface area contributed by atoms with Crippen molar-refractivity contribution >= 4 is 34.7 Å². The van der Waals surface area contributed by atoms with E-state index < -0.39 is 0 Å². The van der Waals surface area contributed by atoms with Crippen LogP contribution in [-0.2, 0) is 0 Å². The van der Waals surface area contributed by atoms with Gasteiger partial charge in [0.25, 0.3) is 5.91 Å². The van der Waals surface area contributed by atoms with Crippen molar-refractivity contribution in [1.29, 1.82) is 0 Å². The van der Waals surface area contributed by atoms with Gasteiger partial charge in [-0.25, -0.2) is 4.98 Å². The molecule has 1 N–H and O–H groups in total. The highest BCUT2D eigenvalue weighted by molar-refractivity contribution is 6.31. The Morgan fingerprint density at radius 3 is 2.46 bits per heavy atom. The van der Waals surface area contributed by atoms with E-state index in [9.17, 15) is 4.79 Å². The summed E-state index contributed by atoms with van der Waals surface area (Å²) in [5, 5.41) is 3.29. The van der Waals surface area contributed by atoms with Crippen LogP contribution in [0.4, 0.5) is 17.2 Å². The summed E-state index contributed by atoms with van der Waals surface area (Å²) in [5.41, 5.74) is 2.49. The molecule has 0 saturated carbocycles. The summed E-state index contributed by atoms with van der Waals surface area (Å²) >= 11 is 5.90. The fraction of sp³-hybridized carbons (Fsp3) is 0.0526. The van der Waals surface area contributed by atoms with Gasteiger partial charge in [-0.1, -0.05) is 35.9 Å². The maximum absolute atomic E-state index is 12.2. The molecule has 5 heteroatoms. The predicted octanol–water partition coefficient (Wildman–Crippen LogP) is 4.76. The number of anilines is 3. The highest BCUT2D eigenvalue weighted by atomic mass is 35.5. The maximum Gasteiger partial charge on any atom is 0.256 e. The maximum atomic E-state index is 12.2. The smallest absolute Gasteiger partial charge is 0.256 e. The first kappa shape index (κ1) is 16.0. The van der Waals surface area contributed by atoms with Gasteiger partial charge in [0.2, 0.25) is 0 Å². The second kappa shape index (κ2) is 7.15. The van der Waals surface area contributed by atoms with Crippen molar-refractivity contribution in [2.75, 3.05) is 17.3 Å². The molecule has 3 rings (SSSR count). The van der Waals surface area contributed by atoms with Gasteiger partial charge in [0.05, 0.1) is 11.9 Å². The number of rotatable bonds is 4. The molecular formula is C19H16ClN3O. The molecule has 1 aromatic heterocycles. The number of halogens is 1. The first-order chi connectivity index (χ1) is 11.6. The van der Waals surface area contributed by atoms with Crippen LogP contribution < -0.4 is 10.2 Å². The van der Waals surface area contributed by atoms with Crippen molar-refractivity contribution in [2.45, 2.75) is 0 Å². The molecule has 1 heterocycles. The molecule has 1 amide bonds. The molecule has 0 unspecified atom stereocenters. The minimum atomic E-state index is -0.242. The molecule has 0 aliphatic heterocycles. The van der Waals surface area contributed by atoms with Crippen LogP contribution in [0.3, 0.4) is 0 Å². The topological polar surface area (TPSA) is 45.2 Å². The zero-order valence-corrected chi connectivity index (χ0v) is 13.9. The van der Waals surface area contributed by atoms with Crippen molar-refractivity contribution in [2.24, 2.45) is 0 Å². The van der Waals surface area contributed by atoms with E-state index in [0.29, 0.717) is 16.4 Å². The number of nitrogens with zero attached hydrogens (tertiary/aromatic N) is 2. The van der Waals surface area contributed by atoms with Crippen LogP contribution in [0.5, 0.6) is 0 Å². The van der Waals surface area contributed by atoms with Crippen LogP contribution in [0, 0.1) is 0 Å². The van der Waals surface area contributed by atoms with Gasteiger partial charge in [0.15, 0.2) is 0 Å². The molecule has 120 valence electrons. The number of para-hydroxylation sites is 1. The summed E-state index contributed by atoms with van der Waals surface area (Å²) in [7, 11) is 1.97. The zero-order chi connectivity index (χ0) is 16.9. The van der Waals surface area contributed by atoms with E-state index in [0.717, 1.165) is 11.4 Å². The van der Waals surface area contributed by atoms with E-state index in [-0.39, 0.29) is 5.91 Å². The van der Waals surface area contributed by atoms with E-state index in [1.807, 2.05) is 48.3 Å². The molecule has 0 atom stereocenters. The van der Waals surface area contributed by atoms with E-state index in [1.165, 1.54) is 0 Å². The normalized spacial score (nSPS) is 10.2. The Labute approximate surface area is 145 Å². The third kappa shape index (κ3) is 3.73. The van der Waals surface area contributed by atoms with Crippen molar-refractivity contribution in [3.8, 4) is 0 Å². The number of hydrogen-bond donors (Lipinski definition) is 1. The van der Waals surface area contributed by atoms with Gasteiger partial charge in [-0.2, -0.15) is 0 Å². The minimum absolute atomic E-state index is 0.242. The van der Waals surface area contributed by atoms with Crippen LogP contribution in [-0.4, -0.2) is 17.9 Å². The average Bonchev–Trinajstić information content (AvgIpc) is 2.62. The monoisotopic (exact) mass is 337 g/mol. The Balaban J connectivity index is 1.72. The van der Waals surface area contributed by atoms with Gasteiger partial charge in [-0.3, -0.25) is 4.79 Å². The van der Waals surface area contributed by atoms with Crippen molar-refractivity contribution in [3.63, 3.8) is 0 Å². The predicted molar refractivity (Wildman–Crippen MR) is 98.1 cm³/mol. The van der Waals surface area contributed by atoms with Crippen LogP contribution in [0.2, 0.25) is 5.02 Å². The van der Waals surface area contributed by atoms with Gasteiger partial charge in [-0.15, -0.1) is 0 Å². The number of pyridine rings is 1. The standard InChI is InChI=1S/C19H16ClN3O/c1-23(16-8-3-2-4-9-16)17-10-11-18(21-13-17)22-19(24)14-6-5-7-15(20)12-14/h2-13H,1H3,(H,21,22,24). The largest absolute Gasteiger partial charge is 0.343 e. The molecule has 0 aliphatic rings. The summed E-state index contributed by atoms with van der Waals surface area (Å²) in [5.74, 6) is 0.249. The Bertz CT molecular complexity index is 835. The van der Waals surface area contributed by atoms with Crippen LogP contribution >= 0.6 is 11.6 Å². The summed E-state index contributed by atoms with van der Waals surface area (Å²) in [6.45, 7) is 0. The molecule has 0 fully saturated rings. The lowest BCUT2D eigenvalue weighted by Gasteiger charge is -2.19. The molecular weight excluding hydrogens is 322 g/mol. The first-order valence-corrected chi connectivity index (χ1v) is 7.83. The highest BCUT2D eigenvalue weighted by Crippen LogP contribution is 2.23. The van der Waals surface area contributed by atoms with Crippen LogP contribution in [0.1, 0.15) is 10.4 Å². The molecule has 0 bridgehead atoms. The van der Waals surface area contributed by atoms with E-state index in [1.54, 1.807) is 36.5 Å². The molecule has 0 spiro atoms. The van der Waals surface area contributed by atoms with Gasteiger partial charge >= 0.3 is 0 Å². The number of aromatic nitrogens is 1. The number of amides is 1. The van der Waals surface area contributed by atoms with Crippen molar-refractivity contribution in [1.82, 2.24) is 4.98 Å². The number of carbonyl (C=O) groups is 1. The minimum Gasteiger partial charge on any atom is -0.343 e. The van der Waals surface area contributed by atoms with E-state index in [2.05, 4.69) is 10.3 Å². The Morgan fingerprint density at radius 2 is 1.79 bits per heavy atom. The lowest BCUT2D eigenvalue weighted by molar-refractivity contribution is 0.102. The first-order valence-electron chi connectivity index (χ1n) is 7.45. The molecule has 4 nitrogen and oxygen atoms in total. The lowest BCUT2D eigenvalue weighted by Crippen LogP contribution is -2.14. The van der Waals surface area contributed by atoms with Gasteiger partial charge in [0, 0.05) is 23.3 Å². The van der Waals surface area contributed by atoms with Gasteiger partial charge in [0.1, 0.15) is 5.82 Å². The Morgan fingerprint density at radius 1 is 1.00 bits per heavy atom. The van der Waals surface area contributed by atoms with E-state index in [4.69, 9.17) is 11.6 Å². The average molecular weight is 338 g/mol. The summed E-state index contributed by atoms with van der Waals surface area (Å²) in [6, 6.07) is 20.5. The molecule has 3 aromatic rings. The Hall–Kier alpha value is -2.85. The summed E-state index contributed by atoms with van der Waals surface area (Å²) in [4.78, 5) is 18.5. The highest BCUT2D eigenvalue weighted by Gasteiger charge is 2.08. The third-order valence-electron chi connectivity index (χ3n) is 3.61. The van der Waals surface area contributed by atoms with Crippen molar-refractivity contribution < 1.29 is 4.79 Å². The number of benzene rings is 2. The molecule has 0 aliphatic carbocycles. The molecule has 2 aromatic carbocycles. The molecule has 0 radical (unpaired) electrons. The quantitative estimate of drug-likeness (QED) is 0.746. The van der Waals surface area contributed by atoms with Gasteiger partial charge < -0.3 is 10.2 Å². The number of hydrogen-bond acceptors (Lipinski definition) is 3. The zero-order valence-electron chi connectivity index (χ0n) is 13.1. The van der Waals surface area contributed by atoms with Crippen LogP contribution in [0.25, 0.3) is 0 Å². The molecule has 24 heavy (non-hydrogen) atoms. The second-order valence-corrected chi connectivity index (χ2v) is 5.70. The van der Waals surface area contributed by atoms with Gasteiger partial charge in [-0.05, 0) is 42.5 Å². The number of nitrogens with one attached hydrogen (secondary N) is 1. The SMILES string of the molecule is CN(c1ccccc1)c1ccc(NC(=O)c2cccc(Cl)c2)nc1. The van der Waals surface area contributed by atoms with E-state index >= 15 is 0 Å². The fourth-order valence-corrected chi connectivity index (χ4v) is 2.47. The lowest BCUT2D eigenvalue weighted by atomic mass is 10.2. The second-order valence-electron chi connectivity index (χ2n) is 5.26. The summed E-state index contributed by atoms with van der Waals surface area (Å²) < 4.78 is 0. The Kier molecular flexibility index (Phi) is 4.77. The number of carbonyl (C=O) groups excluding carboxylic acids is 1.